The van der Waals surface area contributed by atoms with Gasteiger partial charge in [0.25, 0.3) is 5.56 Å². The summed E-state index contributed by atoms with van der Waals surface area (Å²) in [7, 11) is 0. The molecule has 32 heavy (non-hydrogen) atoms. The minimum atomic E-state index is 0.0692. The molecule has 0 bridgehead atoms. The van der Waals surface area contributed by atoms with Gasteiger partial charge in [-0.05, 0) is 36.5 Å². The largest absolute Gasteiger partial charge is 0.372 e. The number of unbranched alkanes of at least 4 members (excludes halogenated alkanes) is 4. The lowest BCUT2D eigenvalue weighted by atomic mass is 9.96. The van der Waals surface area contributed by atoms with Crippen LogP contribution in [-0.2, 0) is 17.8 Å². The molecule has 3 aromatic rings. The van der Waals surface area contributed by atoms with Crippen molar-refractivity contribution in [1.29, 1.82) is 0 Å². The molecule has 0 amide bonds. The fraction of sp³-hybridized carbons (Fsp3) is 0.538. The van der Waals surface area contributed by atoms with Crippen molar-refractivity contribution in [3.63, 3.8) is 0 Å². The Kier molecular flexibility index (Phi) is 7.74. The van der Waals surface area contributed by atoms with E-state index < -0.39 is 0 Å². The Hall–Kier alpha value is -1.63. The van der Waals surface area contributed by atoms with Crippen molar-refractivity contribution in [1.82, 2.24) is 9.55 Å². The van der Waals surface area contributed by atoms with Gasteiger partial charge in [-0.3, -0.25) is 9.36 Å². The van der Waals surface area contributed by atoms with Crippen LogP contribution in [0.15, 0.2) is 34.2 Å². The summed E-state index contributed by atoms with van der Waals surface area (Å²) in [5, 5.41) is 1.61. The van der Waals surface area contributed by atoms with E-state index in [1.54, 1.807) is 23.1 Å². The molecule has 0 aliphatic carbocycles. The zero-order valence-corrected chi connectivity index (χ0v) is 21.3. The molecule has 172 valence electrons. The predicted octanol–water partition coefficient (Wildman–Crippen LogP) is 6.92. The van der Waals surface area contributed by atoms with E-state index in [2.05, 4.69) is 33.8 Å². The number of fused-ring (bicyclic) bond motifs is 3. The van der Waals surface area contributed by atoms with Crippen molar-refractivity contribution in [3.8, 4) is 5.69 Å². The van der Waals surface area contributed by atoms with Crippen LogP contribution in [-0.4, -0.2) is 21.4 Å². The molecule has 0 saturated carbocycles. The van der Waals surface area contributed by atoms with Gasteiger partial charge in [-0.15, -0.1) is 11.3 Å². The highest BCUT2D eigenvalue weighted by molar-refractivity contribution is 7.99. The predicted molar refractivity (Wildman–Crippen MR) is 137 cm³/mol. The van der Waals surface area contributed by atoms with E-state index in [9.17, 15) is 4.79 Å². The van der Waals surface area contributed by atoms with Crippen LogP contribution in [0.3, 0.4) is 0 Å². The van der Waals surface area contributed by atoms with Crippen molar-refractivity contribution >= 4 is 33.3 Å². The molecule has 0 saturated heterocycles. The second-order valence-corrected chi connectivity index (χ2v) is 11.2. The molecule has 0 fully saturated rings. The first kappa shape index (κ1) is 23.5. The van der Waals surface area contributed by atoms with E-state index in [0.29, 0.717) is 12.5 Å². The van der Waals surface area contributed by atoms with Gasteiger partial charge in [-0.1, -0.05) is 76.4 Å². The monoisotopic (exact) mass is 470 g/mol. The van der Waals surface area contributed by atoms with E-state index in [1.807, 2.05) is 22.8 Å². The van der Waals surface area contributed by atoms with Gasteiger partial charge in [0.1, 0.15) is 4.83 Å². The van der Waals surface area contributed by atoms with E-state index in [-0.39, 0.29) is 11.7 Å². The lowest BCUT2D eigenvalue weighted by Gasteiger charge is -2.26. The quantitative estimate of drug-likeness (QED) is 0.193. The number of rotatable bonds is 9. The molecular formula is C26H34N2O2S2. The van der Waals surface area contributed by atoms with E-state index in [4.69, 9.17) is 9.72 Å². The topological polar surface area (TPSA) is 44.1 Å². The fourth-order valence-electron chi connectivity index (χ4n) is 4.33. The Bertz CT molecular complexity index is 1130. The minimum Gasteiger partial charge on any atom is -0.372 e. The highest BCUT2D eigenvalue weighted by atomic mass is 32.2. The van der Waals surface area contributed by atoms with Gasteiger partial charge in [-0.25, -0.2) is 4.98 Å². The summed E-state index contributed by atoms with van der Waals surface area (Å²) in [5.74, 6) is 1.41. The minimum absolute atomic E-state index is 0.0692. The molecule has 0 radical (unpaired) electrons. The number of nitrogens with zero attached hydrogens (tertiary/aromatic N) is 2. The molecule has 1 aromatic carbocycles. The van der Waals surface area contributed by atoms with Crippen LogP contribution in [0.5, 0.6) is 0 Å². The number of hydrogen-bond acceptors (Lipinski definition) is 5. The smallest absolute Gasteiger partial charge is 0.267 e. The summed E-state index contributed by atoms with van der Waals surface area (Å²) < 4.78 is 7.94. The first-order chi connectivity index (χ1) is 15.5. The van der Waals surface area contributed by atoms with Gasteiger partial charge in [0, 0.05) is 17.1 Å². The molecule has 1 atom stereocenters. The highest BCUT2D eigenvalue weighted by Gasteiger charge is 2.28. The Balaban J connectivity index is 1.76. The molecule has 0 spiro atoms. The summed E-state index contributed by atoms with van der Waals surface area (Å²) in [4.78, 5) is 21.0. The number of ether oxygens (including phenoxy) is 1. The number of thiophene rings is 1. The van der Waals surface area contributed by atoms with Crippen LogP contribution in [0.2, 0.25) is 0 Å². The van der Waals surface area contributed by atoms with Gasteiger partial charge in [0.05, 0.1) is 23.8 Å². The summed E-state index contributed by atoms with van der Waals surface area (Å²) in [6.45, 7) is 9.26. The van der Waals surface area contributed by atoms with Gasteiger partial charge < -0.3 is 4.74 Å². The summed E-state index contributed by atoms with van der Waals surface area (Å²) in [5.41, 5.74) is 3.26. The number of benzene rings is 1. The number of aromatic nitrogens is 2. The second-order valence-electron chi connectivity index (χ2n) is 9.07. The molecule has 0 N–H and O–H groups in total. The SMILES string of the molecule is CCCCCCCSc1nc2sc3c(c2c(=O)n1-c1ccccc1C)C[C@@H](C(C)C)OC3. The maximum atomic E-state index is 14.0. The van der Waals surface area contributed by atoms with Gasteiger partial charge >= 0.3 is 0 Å². The van der Waals surface area contributed by atoms with E-state index in [1.165, 1.54) is 30.6 Å². The molecule has 0 unspecified atom stereocenters. The Morgan fingerprint density at radius 3 is 2.75 bits per heavy atom. The molecular weight excluding hydrogens is 436 g/mol. The summed E-state index contributed by atoms with van der Waals surface area (Å²) in [6.07, 6.45) is 7.16. The maximum absolute atomic E-state index is 14.0. The lowest BCUT2D eigenvalue weighted by Crippen LogP contribution is -2.28. The first-order valence-corrected chi connectivity index (χ1v) is 13.7. The summed E-state index contributed by atoms with van der Waals surface area (Å²) in [6, 6.07) is 8.13. The Morgan fingerprint density at radius 2 is 2.00 bits per heavy atom. The van der Waals surface area contributed by atoms with Crippen molar-refractivity contribution < 1.29 is 4.74 Å². The van der Waals surface area contributed by atoms with Gasteiger partial charge in [0.2, 0.25) is 0 Å². The van der Waals surface area contributed by atoms with Gasteiger partial charge in [-0.2, -0.15) is 0 Å². The van der Waals surface area contributed by atoms with E-state index in [0.717, 1.165) is 50.8 Å². The fourth-order valence-corrected chi connectivity index (χ4v) is 6.50. The molecule has 3 heterocycles. The number of aryl methyl sites for hydroxylation is 1. The Morgan fingerprint density at radius 1 is 1.22 bits per heavy atom. The lowest BCUT2D eigenvalue weighted by molar-refractivity contribution is 0.00200. The molecule has 2 aromatic heterocycles. The van der Waals surface area contributed by atoms with Crippen LogP contribution >= 0.6 is 23.1 Å². The highest BCUT2D eigenvalue weighted by Crippen LogP contribution is 2.36. The number of thioether (sulfide) groups is 1. The van der Waals surface area contributed by atoms with Crippen molar-refractivity contribution in [3.05, 3.63) is 50.6 Å². The van der Waals surface area contributed by atoms with Crippen LogP contribution in [0.1, 0.15) is 68.9 Å². The third-order valence-electron chi connectivity index (χ3n) is 6.29. The van der Waals surface area contributed by atoms with Crippen molar-refractivity contribution in [2.24, 2.45) is 5.92 Å². The standard InChI is InChI=1S/C26H34N2O2S2/c1-5-6-7-8-11-14-31-26-27-24-23(19-15-21(17(2)3)30-16-22(19)32-24)25(29)28(26)20-13-10-9-12-18(20)4/h9-10,12-13,17,21H,5-8,11,14-16H2,1-4H3/t21-/m0/s1. The zero-order chi connectivity index (χ0) is 22.7. The van der Waals surface area contributed by atoms with Crippen LogP contribution in [0, 0.1) is 12.8 Å². The average molecular weight is 471 g/mol. The molecule has 1 aliphatic heterocycles. The molecule has 1 aliphatic rings. The molecule has 4 nitrogen and oxygen atoms in total. The normalized spacial score (nSPS) is 16.1. The first-order valence-electron chi connectivity index (χ1n) is 11.9. The Labute approximate surface area is 199 Å². The van der Waals surface area contributed by atoms with Crippen molar-refractivity contribution in [2.75, 3.05) is 5.75 Å². The zero-order valence-electron chi connectivity index (χ0n) is 19.6. The maximum Gasteiger partial charge on any atom is 0.267 e. The molecule has 4 rings (SSSR count). The third kappa shape index (κ3) is 4.82. The van der Waals surface area contributed by atoms with Gasteiger partial charge in [0.15, 0.2) is 5.16 Å². The van der Waals surface area contributed by atoms with Crippen LogP contribution in [0.25, 0.3) is 15.9 Å². The average Bonchev–Trinajstić information content (AvgIpc) is 3.15. The number of hydrogen-bond donors (Lipinski definition) is 0. The number of para-hydroxylation sites is 1. The van der Waals surface area contributed by atoms with Crippen molar-refractivity contribution in [2.45, 2.75) is 84.1 Å². The third-order valence-corrected chi connectivity index (χ3v) is 8.41. The summed E-state index contributed by atoms with van der Waals surface area (Å²) >= 11 is 3.35. The second kappa shape index (κ2) is 10.5. The molecule has 6 heteroatoms. The van der Waals surface area contributed by atoms with Crippen LogP contribution < -0.4 is 5.56 Å². The van der Waals surface area contributed by atoms with E-state index >= 15 is 0 Å². The van der Waals surface area contributed by atoms with Crippen LogP contribution in [0.4, 0.5) is 0 Å².